The van der Waals surface area contributed by atoms with Crippen molar-refractivity contribution in [2.75, 3.05) is 13.8 Å². The van der Waals surface area contributed by atoms with Crippen LogP contribution in [-0.4, -0.2) is 18.9 Å². The molecule has 78 valence electrons. The molecule has 0 aliphatic heterocycles. The van der Waals surface area contributed by atoms with Gasteiger partial charge in [-0.1, -0.05) is 29.3 Å². The minimum Gasteiger partial charge on any atom is -0.495 e. The summed E-state index contributed by atoms with van der Waals surface area (Å²) in [6, 6.07) is 3.54. The summed E-state index contributed by atoms with van der Waals surface area (Å²) in [7, 11) is 1.53. The zero-order valence-electron chi connectivity index (χ0n) is 7.68. The number of aliphatic hydroxyl groups is 1. The number of hydrogen-bond donors (Lipinski definition) is 2. The van der Waals surface area contributed by atoms with Gasteiger partial charge in [-0.05, 0) is 11.6 Å². The van der Waals surface area contributed by atoms with E-state index in [-0.39, 0.29) is 6.73 Å². The van der Waals surface area contributed by atoms with E-state index in [0.29, 0.717) is 22.3 Å². The Balaban J connectivity index is 2.92. The molecule has 0 amide bonds. The molecule has 0 saturated heterocycles. The quantitative estimate of drug-likeness (QED) is 0.786. The Labute approximate surface area is 92.6 Å². The van der Waals surface area contributed by atoms with Crippen molar-refractivity contribution in [2.24, 2.45) is 0 Å². The van der Waals surface area contributed by atoms with Crippen LogP contribution in [0.1, 0.15) is 5.56 Å². The lowest BCUT2D eigenvalue weighted by atomic mass is 10.2. The summed E-state index contributed by atoms with van der Waals surface area (Å²) in [6.07, 6.45) is 0. The maximum absolute atomic E-state index is 8.58. The first-order valence-electron chi connectivity index (χ1n) is 4.03. The van der Waals surface area contributed by atoms with Crippen LogP contribution in [0.5, 0.6) is 5.75 Å². The Kier molecular flexibility index (Phi) is 4.48. The second-order valence-electron chi connectivity index (χ2n) is 2.64. The summed E-state index contributed by atoms with van der Waals surface area (Å²) in [5.74, 6) is 0.546. The van der Waals surface area contributed by atoms with Gasteiger partial charge in [0.1, 0.15) is 10.8 Å². The molecule has 0 radical (unpaired) electrons. The van der Waals surface area contributed by atoms with Gasteiger partial charge in [-0.25, -0.2) is 0 Å². The standard InChI is InChI=1S/C9H11Cl2NO2/c1-14-7-3-2-6(4-12-5-13)8(10)9(7)11/h2-3,12-13H,4-5H2,1H3. The minimum absolute atomic E-state index is 0.0972. The van der Waals surface area contributed by atoms with Crippen molar-refractivity contribution < 1.29 is 9.84 Å². The van der Waals surface area contributed by atoms with E-state index in [9.17, 15) is 0 Å². The number of aliphatic hydroxyl groups excluding tert-OH is 1. The van der Waals surface area contributed by atoms with Crippen molar-refractivity contribution >= 4 is 23.2 Å². The third-order valence-electron chi connectivity index (χ3n) is 1.77. The van der Waals surface area contributed by atoms with Gasteiger partial charge < -0.3 is 9.84 Å². The monoisotopic (exact) mass is 235 g/mol. The summed E-state index contributed by atoms with van der Waals surface area (Å²) in [5, 5.41) is 12.2. The molecule has 0 aliphatic carbocycles. The predicted molar refractivity (Wildman–Crippen MR) is 56.9 cm³/mol. The molecule has 5 heteroatoms. The fourth-order valence-corrected chi connectivity index (χ4v) is 1.54. The highest BCUT2D eigenvalue weighted by Gasteiger charge is 2.09. The molecular weight excluding hydrogens is 225 g/mol. The van der Waals surface area contributed by atoms with Gasteiger partial charge in [-0.3, -0.25) is 5.32 Å². The van der Waals surface area contributed by atoms with Crippen molar-refractivity contribution in [3.8, 4) is 5.75 Å². The van der Waals surface area contributed by atoms with Crippen LogP contribution in [0.4, 0.5) is 0 Å². The first-order valence-corrected chi connectivity index (χ1v) is 4.78. The van der Waals surface area contributed by atoms with Crippen LogP contribution in [0.3, 0.4) is 0 Å². The zero-order valence-corrected chi connectivity index (χ0v) is 9.19. The van der Waals surface area contributed by atoms with Gasteiger partial charge in [0.25, 0.3) is 0 Å². The Morgan fingerprint density at radius 1 is 1.36 bits per heavy atom. The van der Waals surface area contributed by atoms with E-state index >= 15 is 0 Å². The molecule has 2 N–H and O–H groups in total. The summed E-state index contributed by atoms with van der Waals surface area (Å²) < 4.78 is 5.00. The van der Waals surface area contributed by atoms with E-state index in [2.05, 4.69) is 5.32 Å². The fraction of sp³-hybridized carbons (Fsp3) is 0.333. The molecule has 1 aromatic carbocycles. The average molecular weight is 236 g/mol. The van der Waals surface area contributed by atoms with Crippen molar-refractivity contribution in [3.05, 3.63) is 27.7 Å². The van der Waals surface area contributed by atoms with E-state index in [1.165, 1.54) is 7.11 Å². The lowest BCUT2D eigenvalue weighted by molar-refractivity contribution is 0.259. The lowest BCUT2D eigenvalue weighted by Crippen LogP contribution is -2.14. The van der Waals surface area contributed by atoms with Crippen molar-refractivity contribution in [2.45, 2.75) is 6.54 Å². The summed E-state index contributed by atoms with van der Waals surface area (Å²) >= 11 is 11.9. The molecule has 0 heterocycles. The van der Waals surface area contributed by atoms with Crippen LogP contribution in [0.15, 0.2) is 12.1 Å². The number of halogens is 2. The van der Waals surface area contributed by atoms with E-state index in [1.807, 2.05) is 0 Å². The van der Waals surface area contributed by atoms with Gasteiger partial charge in [0.15, 0.2) is 0 Å². The Morgan fingerprint density at radius 2 is 2.07 bits per heavy atom. The largest absolute Gasteiger partial charge is 0.495 e. The van der Waals surface area contributed by atoms with E-state index in [4.69, 9.17) is 33.0 Å². The normalized spacial score (nSPS) is 10.3. The smallest absolute Gasteiger partial charge is 0.138 e. The van der Waals surface area contributed by atoms with Crippen molar-refractivity contribution in [1.82, 2.24) is 5.32 Å². The Hall–Kier alpha value is -0.480. The van der Waals surface area contributed by atoms with Gasteiger partial charge in [0.2, 0.25) is 0 Å². The van der Waals surface area contributed by atoms with Gasteiger partial charge >= 0.3 is 0 Å². The average Bonchev–Trinajstić information content (AvgIpc) is 2.20. The first kappa shape index (κ1) is 11.6. The number of benzene rings is 1. The highest BCUT2D eigenvalue weighted by Crippen LogP contribution is 2.34. The van der Waals surface area contributed by atoms with Gasteiger partial charge in [-0.2, -0.15) is 0 Å². The van der Waals surface area contributed by atoms with Crippen LogP contribution >= 0.6 is 23.2 Å². The molecule has 1 rings (SSSR count). The number of rotatable bonds is 4. The molecule has 0 bridgehead atoms. The van der Waals surface area contributed by atoms with Crippen LogP contribution in [-0.2, 0) is 6.54 Å². The highest BCUT2D eigenvalue weighted by atomic mass is 35.5. The van der Waals surface area contributed by atoms with E-state index in [1.54, 1.807) is 12.1 Å². The lowest BCUT2D eigenvalue weighted by Gasteiger charge is -2.09. The molecule has 0 spiro atoms. The number of hydrogen-bond acceptors (Lipinski definition) is 3. The number of methoxy groups -OCH3 is 1. The SMILES string of the molecule is COc1ccc(CNCO)c(Cl)c1Cl. The maximum atomic E-state index is 8.58. The molecule has 3 nitrogen and oxygen atoms in total. The van der Waals surface area contributed by atoms with E-state index < -0.39 is 0 Å². The zero-order chi connectivity index (χ0) is 10.6. The molecule has 0 fully saturated rings. The van der Waals surface area contributed by atoms with Crippen molar-refractivity contribution in [3.63, 3.8) is 0 Å². The Morgan fingerprint density at radius 3 is 2.64 bits per heavy atom. The molecule has 0 aromatic heterocycles. The van der Waals surface area contributed by atoms with Crippen LogP contribution < -0.4 is 10.1 Å². The van der Waals surface area contributed by atoms with Crippen LogP contribution in [0, 0.1) is 0 Å². The Bertz CT molecular complexity index is 318. The summed E-state index contributed by atoms with van der Waals surface area (Å²) in [6.45, 7) is 0.374. The minimum atomic E-state index is -0.0972. The van der Waals surface area contributed by atoms with Gasteiger partial charge in [0.05, 0.1) is 18.9 Å². The molecule has 0 saturated carbocycles. The molecule has 0 unspecified atom stereocenters. The fourth-order valence-electron chi connectivity index (χ4n) is 1.06. The topological polar surface area (TPSA) is 41.5 Å². The number of ether oxygens (including phenoxy) is 1. The number of nitrogens with one attached hydrogen (secondary N) is 1. The third kappa shape index (κ3) is 2.51. The molecular formula is C9H11Cl2NO2. The molecule has 0 aliphatic rings. The first-order chi connectivity index (χ1) is 6.70. The van der Waals surface area contributed by atoms with Crippen molar-refractivity contribution in [1.29, 1.82) is 0 Å². The summed E-state index contributed by atoms with van der Waals surface area (Å²) in [4.78, 5) is 0. The van der Waals surface area contributed by atoms with Gasteiger partial charge in [0, 0.05) is 6.54 Å². The molecule has 14 heavy (non-hydrogen) atoms. The second kappa shape index (κ2) is 5.41. The molecule has 0 atom stereocenters. The van der Waals surface area contributed by atoms with E-state index in [0.717, 1.165) is 5.56 Å². The van der Waals surface area contributed by atoms with Gasteiger partial charge in [-0.15, -0.1) is 0 Å². The third-order valence-corrected chi connectivity index (χ3v) is 2.68. The second-order valence-corrected chi connectivity index (χ2v) is 3.40. The highest BCUT2D eigenvalue weighted by molar-refractivity contribution is 6.43. The predicted octanol–water partition coefficient (Wildman–Crippen LogP) is 2.04. The van der Waals surface area contributed by atoms with Crippen LogP contribution in [0.2, 0.25) is 10.0 Å². The van der Waals surface area contributed by atoms with Crippen LogP contribution in [0.25, 0.3) is 0 Å². The molecule has 1 aromatic rings. The maximum Gasteiger partial charge on any atom is 0.138 e. The summed E-state index contributed by atoms with van der Waals surface area (Å²) in [5.41, 5.74) is 0.825.